The van der Waals surface area contributed by atoms with Gasteiger partial charge in [0.15, 0.2) is 9.84 Å². The van der Waals surface area contributed by atoms with E-state index in [4.69, 9.17) is 4.98 Å². The van der Waals surface area contributed by atoms with E-state index < -0.39 is 9.84 Å². The third-order valence-corrected chi connectivity index (χ3v) is 7.94. The number of benzene rings is 1. The molecule has 2 aliphatic heterocycles. The molecule has 2 aliphatic rings. The van der Waals surface area contributed by atoms with E-state index in [0.29, 0.717) is 13.0 Å². The van der Waals surface area contributed by atoms with Crippen molar-refractivity contribution in [2.45, 2.75) is 25.2 Å². The molecule has 5 nitrogen and oxygen atoms in total. The molecular formula is C17H20N2O3S2. The Morgan fingerprint density at radius 1 is 1.25 bits per heavy atom. The van der Waals surface area contributed by atoms with Crippen molar-refractivity contribution >= 4 is 37.3 Å². The maximum atomic E-state index is 12.7. The molecule has 0 spiro atoms. The monoisotopic (exact) mass is 364 g/mol. The molecule has 0 unspecified atom stereocenters. The molecule has 2 atom stereocenters. The number of amides is 1. The highest BCUT2D eigenvalue weighted by molar-refractivity contribution is 7.91. The van der Waals surface area contributed by atoms with Gasteiger partial charge in [-0.3, -0.25) is 4.79 Å². The summed E-state index contributed by atoms with van der Waals surface area (Å²) in [6.07, 6.45) is 2.46. The standard InChI is InChI=1S/C17H20N2O3S2/c20-17(13-7-9-24(21,22)11-13)19-8-3-4-12(10-19)16-18-14-5-1-2-6-15(14)23-16/h1-2,5-6,12-13H,3-4,7-11H2/t12-,13+/m0/s1. The minimum Gasteiger partial charge on any atom is -0.342 e. The largest absolute Gasteiger partial charge is 0.342 e. The van der Waals surface area contributed by atoms with E-state index in [1.165, 1.54) is 4.70 Å². The molecule has 128 valence electrons. The molecule has 1 aromatic heterocycles. The number of sulfone groups is 1. The minimum atomic E-state index is -3.02. The maximum absolute atomic E-state index is 12.7. The van der Waals surface area contributed by atoms with Crippen LogP contribution >= 0.6 is 11.3 Å². The van der Waals surface area contributed by atoms with Crippen molar-refractivity contribution in [1.29, 1.82) is 0 Å². The van der Waals surface area contributed by atoms with Gasteiger partial charge in [0.2, 0.25) is 5.91 Å². The Hall–Kier alpha value is -1.47. The summed E-state index contributed by atoms with van der Waals surface area (Å²) in [6, 6.07) is 8.10. The molecule has 24 heavy (non-hydrogen) atoms. The third-order valence-electron chi connectivity index (χ3n) is 4.97. The van der Waals surface area contributed by atoms with Crippen molar-refractivity contribution in [1.82, 2.24) is 9.88 Å². The van der Waals surface area contributed by atoms with E-state index in [1.54, 1.807) is 11.3 Å². The molecule has 0 saturated carbocycles. The van der Waals surface area contributed by atoms with Crippen molar-refractivity contribution in [2.24, 2.45) is 5.92 Å². The van der Waals surface area contributed by atoms with Crippen LogP contribution in [0, 0.1) is 5.92 Å². The molecule has 0 aliphatic carbocycles. The molecular weight excluding hydrogens is 344 g/mol. The second-order valence-electron chi connectivity index (χ2n) is 6.74. The lowest BCUT2D eigenvalue weighted by atomic mass is 9.97. The second-order valence-corrected chi connectivity index (χ2v) is 10.0. The minimum absolute atomic E-state index is 0.0156. The number of rotatable bonds is 2. The Labute approximate surface area is 145 Å². The first-order chi connectivity index (χ1) is 11.5. The Morgan fingerprint density at radius 2 is 2.08 bits per heavy atom. The fraction of sp³-hybridized carbons (Fsp3) is 0.529. The number of aromatic nitrogens is 1. The van der Waals surface area contributed by atoms with Crippen molar-refractivity contribution in [2.75, 3.05) is 24.6 Å². The third kappa shape index (κ3) is 3.07. The van der Waals surface area contributed by atoms with Gasteiger partial charge >= 0.3 is 0 Å². The number of piperidine rings is 1. The van der Waals surface area contributed by atoms with Gasteiger partial charge in [0.25, 0.3) is 0 Å². The summed E-state index contributed by atoms with van der Waals surface area (Å²) in [5.41, 5.74) is 1.02. The average molecular weight is 364 g/mol. The average Bonchev–Trinajstić information content (AvgIpc) is 3.17. The fourth-order valence-corrected chi connectivity index (χ4v) is 6.52. The zero-order valence-corrected chi connectivity index (χ0v) is 15.0. The van der Waals surface area contributed by atoms with Crippen LogP contribution in [-0.4, -0.2) is 48.8 Å². The van der Waals surface area contributed by atoms with E-state index in [1.807, 2.05) is 23.1 Å². The van der Waals surface area contributed by atoms with E-state index in [9.17, 15) is 13.2 Å². The number of carbonyl (C=O) groups excluding carboxylic acids is 1. The van der Waals surface area contributed by atoms with Crippen LogP contribution in [0.1, 0.15) is 30.2 Å². The van der Waals surface area contributed by atoms with Crippen LogP contribution in [0.15, 0.2) is 24.3 Å². The van der Waals surface area contributed by atoms with Crippen molar-refractivity contribution < 1.29 is 13.2 Å². The highest BCUT2D eigenvalue weighted by Crippen LogP contribution is 2.34. The van der Waals surface area contributed by atoms with Gasteiger partial charge < -0.3 is 4.90 Å². The summed E-state index contributed by atoms with van der Waals surface area (Å²) >= 11 is 1.70. The van der Waals surface area contributed by atoms with Gasteiger partial charge in [-0.1, -0.05) is 12.1 Å². The first kappa shape index (κ1) is 16.0. The summed E-state index contributed by atoms with van der Waals surface area (Å²) in [5, 5.41) is 1.09. The normalized spacial score (nSPS) is 26.8. The lowest BCUT2D eigenvalue weighted by Crippen LogP contribution is -2.42. The molecule has 1 aromatic carbocycles. The van der Waals surface area contributed by atoms with Crippen molar-refractivity contribution in [3.05, 3.63) is 29.3 Å². The molecule has 0 N–H and O–H groups in total. The van der Waals surface area contributed by atoms with Gasteiger partial charge in [-0.05, 0) is 31.4 Å². The smallest absolute Gasteiger partial charge is 0.226 e. The van der Waals surface area contributed by atoms with Crippen molar-refractivity contribution in [3.8, 4) is 0 Å². The molecule has 3 heterocycles. The topological polar surface area (TPSA) is 67.3 Å². The number of thiazole rings is 1. The van der Waals surface area contributed by atoms with Crippen LogP contribution in [0.2, 0.25) is 0 Å². The molecule has 0 radical (unpaired) electrons. The van der Waals surface area contributed by atoms with Crippen LogP contribution in [-0.2, 0) is 14.6 Å². The fourth-order valence-electron chi connectivity index (χ4n) is 3.69. The number of fused-ring (bicyclic) bond motifs is 1. The Bertz CT molecular complexity index is 842. The highest BCUT2D eigenvalue weighted by Gasteiger charge is 2.37. The lowest BCUT2D eigenvalue weighted by molar-refractivity contribution is -0.135. The zero-order chi connectivity index (χ0) is 16.7. The highest BCUT2D eigenvalue weighted by atomic mass is 32.2. The van der Waals surface area contributed by atoms with Crippen LogP contribution in [0.5, 0.6) is 0 Å². The summed E-state index contributed by atoms with van der Waals surface area (Å²) in [4.78, 5) is 19.3. The van der Waals surface area contributed by atoms with Gasteiger partial charge in [0, 0.05) is 19.0 Å². The van der Waals surface area contributed by atoms with Gasteiger partial charge in [0.05, 0.1) is 32.6 Å². The summed E-state index contributed by atoms with van der Waals surface area (Å²) < 4.78 is 24.4. The molecule has 7 heteroatoms. The van der Waals surface area contributed by atoms with Gasteiger partial charge in [-0.2, -0.15) is 0 Å². The Morgan fingerprint density at radius 3 is 2.83 bits per heavy atom. The predicted molar refractivity (Wildman–Crippen MR) is 94.9 cm³/mol. The lowest BCUT2D eigenvalue weighted by Gasteiger charge is -2.33. The first-order valence-electron chi connectivity index (χ1n) is 8.36. The van der Waals surface area contributed by atoms with Gasteiger partial charge in [-0.25, -0.2) is 13.4 Å². The van der Waals surface area contributed by atoms with Crippen LogP contribution in [0.25, 0.3) is 10.2 Å². The second kappa shape index (κ2) is 6.11. The summed E-state index contributed by atoms with van der Waals surface area (Å²) in [7, 11) is -3.02. The first-order valence-corrected chi connectivity index (χ1v) is 11.0. The molecule has 1 amide bonds. The van der Waals surface area contributed by atoms with Crippen molar-refractivity contribution in [3.63, 3.8) is 0 Å². The number of hydrogen-bond donors (Lipinski definition) is 0. The SMILES string of the molecule is O=C([C@@H]1CCS(=O)(=O)C1)N1CCC[C@H](c2nc3ccccc3s2)C1. The number of likely N-dealkylation sites (tertiary alicyclic amines) is 1. The number of nitrogens with zero attached hydrogens (tertiary/aromatic N) is 2. The summed E-state index contributed by atoms with van der Waals surface area (Å²) in [6.45, 7) is 1.39. The molecule has 2 saturated heterocycles. The molecule has 4 rings (SSSR count). The van der Waals surface area contributed by atoms with Gasteiger partial charge in [0.1, 0.15) is 0 Å². The maximum Gasteiger partial charge on any atom is 0.226 e. The van der Waals surface area contributed by atoms with E-state index in [-0.39, 0.29) is 29.2 Å². The van der Waals surface area contributed by atoms with Crippen LogP contribution in [0.3, 0.4) is 0 Å². The van der Waals surface area contributed by atoms with E-state index in [2.05, 4.69) is 6.07 Å². The molecule has 0 bridgehead atoms. The zero-order valence-electron chi connectivity index (χ0n) is 13.3. The van der Waals surface area contributed by atoms with Crippen LogP contribution in [0.4, 0.5) is 0 Å². The molecule has 2 aromatic rings. The number of hydrogen-bond acceptors (Lipinski definition) is 5. The Balaban J connectivity index is 1.50. The van der Waals surface area contributed by atoms with Crippen LogP contribution < -0.4 is 0 Å². The van der Waals surface area contributed by atoms with Gasteiger partial charge in [-0.15, -0.1) is 11.3 Å². The Kier molecular flexibility index (Phi) is 4.08. The number of carbonyl (C=O) groups is 1. The van der Waals surface area contributed by atoms with E-state index >= 15 is 0 Å². The summed E-state index contributed by atoms with van der Waals surface area (Å²) in [5.74, 6) is 0.108. The molecule has 2 fully saturated rings. The quantitative estimate of drug-likeness (QED) is 0.821. The number of para-hydroxylation sites is 1. The predicted octanol–water partition coefficient (Wildman–Crippen LogP) is 2.44. The van der Waals surface area contributed by atoms with E-state index in [0.717, 1.165) is 29.9 Å².